The number of methoxy groups -OCH3 is 2. The molecule has 0 bridgehead atoms. The fourth-order valence-electron chi connectivity index (χ4n) is 3.49. The Morgan fingerprint density at radius 1 is 0.941 bits per heavy atom. The summed E-state index contributed by atoms with van der Waals surface area (Å²) >= 11 is 0. The van der Waals surface area contributed by atoms with Gasteiger partial charge in [0.15, 0.2) is 23.1 Å². The van der Waals surface area contributed by atoms with Gasteiger partial charge in [-0.15, -0.1) is 0 Å². The molecule has 0 amide bonds. The first kappa shape index (κ1) is 24.9. The number of carbonyl (C=O) groups is 2. The van der Waals surface area contributed by atoms with E-state index in [1.807, 2.05) is 0 Å². The standard InChI is InChI=1S/C25H26F2N2O5/c1-4-5-6-10-13-34-23-18(26)14-16(15-19(23)27)21-20(24(30)32-2)22(25(31)33-3)29(28-21)17-11-8-7-9-12-17/h7-9,11-12,14-15H,4-6,10,13H2,1-3H3. The first-order valence-electron chi connectivity index (χ1n) is 10.9. The molecular formula is C25H26F2N2O5. The van der Waals surface area contributed by atoms with Crippen LogP contribution in [0.2, 0.25) is 0 Å². The molecule has 1 heterocycles. The van der Waals surface area contributed by atoms with E-state index in [4.69, 9.17) is 14.2 Å². The molecule has 0 radical (unpaired) electrons. The molecular weight excluding hydrogens is 446 g/mol. The Labute approximate surface area is 196 Å². The number of nitrogens with zero attached hydrogens (tertiary/aromatic N) is 2. The minimum Gasteiger partial charge on any atom is -0.488 e. The van der Waals surface area contributed by atoms with Crippen LogP contribution in [0.15, 0.2) is 42.5 Å². The molecule has 0 unspecified atom stereocenters. The van der Waals surface area contributed by atoms with Gasteiger partial charge >= 0.3 is 11.9 Å². The van der Waals surface area contributed by atoms with Gasteiger partial charge in [0, 0.05) is 5.56 Å². The zero-order chi connectivity index (χ0) is 24.7. The van der Waals surface area contributed by atoms with Crippen molar-refractivity contribution in [2.24, 2.45) is 0 Å². The van der Waals surface area contributed by atoms with Gasteiger partial charge in [-0.1, -0.05) is 44.4 Å². The summed E-state index contributed by atoms with van der Waals surface area (Å²) in [5, 5.41) is 4.34. The van der Waals surface area contributed by atoms with Crippen molar-refractivity contribution >= 4 is 11.9 Å². The van der Waals surface area contributed by atoms with E-state index in [-0.39, 0.29) is 29.1 Å². The zero-order valence-electron chi connectivity index (χ0n) is 19.3. The number of hydrogen-bond acceptors (Lipinski definition) is 6. The lowest BCUT2D eigenvalue weighted by molar-refractivity contribution is 0.0549. The summed E-state index contributed by atoms with van der Waals surface area (Å²) in [6, 6.07) is 10.5. The number of aromatic nitrogens is 2. The number of ether oxygens (including phenoxy) is 3. The van der Waals surface area contributed by atoms with Crippen LogP contribution in [0, 0.1) is 11.6 Å². The number of halogens is 2. The van der Waals surface area contributed by atoms with Crippen molar-refractivity contribution in [1.29, 1.82) is 0 Å². The average molecular weight is 472 g/mol. The fraction of sp³-hybridized carbons (Fsp3) is 0.320. The maximum absolute atomic E-state index is 14.8. The normalized spacial score (nSPS) is 10.7. The Bertz CT molecular complexity index is 1140. The van der Waals surface area contributed by atoms with Crippen molar-refractivity contribution in [1.82, 2.24) is 9.78 Å². The van der Waals surface area contributed by atoms with Crippen molar-refractivity contribution < 1.29 is 32.6 Å². The topological polar surface area (TPSA) is 79.7 Å². The van der Waals surface area contributed by atoms with Gasteiger partial charge < -0.3 is 14.2 Å². The predicted molar refractivity (Wildman–Crippen MR) is 121 cm³/mol. The Balaban J connectivity index is 2.11. The third-order valence-corrected chi connectivity index (χ3v) is 5.17. The fourth-order valence-corrected chi connectivity index (χ4v) is 3.49. The van der Waals surface area contributed by atoms with Gasteiger partial charge in [0.25, 0.3) is 0 Å². The molecule has 0 spiro atoms. The molecule has 34 heavy (non-hydrogen) atoms. The maximum Gasteiger partial charge on any atom is 0.357 e. The molecule has 180 valence electrons. The van der Waals surface area contributed by atoms with E-state index in [0.717, 1.165) is 45.6 Å². The van der Waals surface area contributed by atoms with Crippen LogP contribution < -0.4 is 4.74 Å². The maximum atomic E-state index is 14.8. The quantitative estimate of drug-likeness (QED) is 0.292. The number of hydrogen-bond donors (Lipinski definition) is 0. The number of benzene rings is 2. The minimum atomic E-state index is -0.949. The van der Waals surface area contributed by atoms with Gasteiger partial charge in [-0.05, 0) is 30.7 Å². The lowest BCUT2D eigenvalue weighted by atomic mass is 10.0. The summed E-state index contributed by atoms with van der Waals surface area (Å²) < 4.78 is 45.9. The number of carbonyl (C=O) groups excluding carboxylic acids is 2. The smallest absolute Gasteiger partial charge is 0.357 e. The molecule has 0 aliphatic heterocycles. The second-order valence-corrected chi connectivity index (χ2v) is 7.48. The lowest BCUT2D eigenvalue weighted by Gasteiger charge is -2.10. The van der Waals surface area contributed by atoms with E-state index in [9.17, 15) is 18.4 Å². The van der Waals surface area contributed by atoms with Crippen molar-refractivity contribution in [3.63, 3.8) is 0 Å². The van der Waals surface area contributed by atoms with Crippen molar-refractivity contribution in [2.75, 3.05) is 20.8 Å². The van der Waals surface area contributed by atoms with E-state index >= 15 is 0 Å². The van der Waals surface area contributed by atoms with Crippen LogP contribution in [0.25, 0.3) is 16.9 Å². The molecule has 1 aromatic heterocycles. The van der Waals surface area contributed by atoms with E-state index < -0.39 is 29.3 Å². The van der Waals surface area contributed by atoms with Gasteiger partial charge in [0.05, 0.1) is 26.5 Å². The highest BCUT2D eigenvalue weighted by Gasteiger charge is 2.32. The largest absolute Gasteiger partial charge is 0.488 e. The SMILES string of the molecule is CCCCCCOc1c(F)cc(-c2nn(-c3ccccc3)c(C(=O)OC)c2C(=O)OC)cc1F. The monoisotopic (exact) mass is 472 g/mol. The Morgan fingerprint density at radius 3 is 2.18 bits per heavy atom. The molecule has 0 aliphatic rings. The molecule has 0 fully saturated rings. The van der Waals surface area contributed by atoms with E-state index in [0.29, 0.717) is 12.1 Å². The molecule has 3 rings (SSSR count). The number of unbranched alkanes of at least 4 members (excludes halogenated alkanes) is 3. The summed E-state index contributed by atoms with van der Waals surface area (Å²) in [5.41, 5.74) is -0.262. The Hall–Kier alpha value is -3.75. The lowest BCUT2D eigenvalue weighted by Crippen LogP contribution is -2.15. The van der Waals surface area contributed by atoms with Crippen LogP contribution in [0.5, 0.6) is 5.75 Å². The average Bonchev–Trinajstić information content (AvgIpc) is 3.25. The second kappa shape index (κ2) is 11.4. The van der Waals surface area contributed by atoms with Crippen molar-refractivity contribution in [3.8, 4) is 22.7 Å². The molecule has 3 aromatic rings. The molecule has 7 nitrogen and oxygen atoms in total. The highest BCUT2D eigenvalue weighted by atomic mass is 19.1. The number of esters is 2. The summed E-state index contributed by atoms with van der Waals surface area (Å²) in [4.78, 5) is 25.3. The summed E-state index contributed by atoms with van der Waals surface area (Å²) in [6.07, 6.45) is 3.61. The van der Waals surface area contributed by atoms with Gasteiger partial charge in [-0.2, -0.15) is 5.10 Å². The third kappa shape index (κ3) is 5.24. The second-order valence-electron chi connectivity index (χ2n) is 7.48. The van der Waals surface area contributed by atoms with Gasteiger partial charge in [-0.25, -0.2) is 23.1 Å². The summed E-state index contributed by atoms with van der Waals surface area (Å²) in [7, 11) is 2.28. The first-order chi connectivity index (χ1) is 16.4. The van der Waals surface area contributed by atoms with E-state index in [2.05, 4.69) is 12.0 Å². The van der Waals surface area contributed by atoms with Crippen LogP contribution in [-0.2, 0) is 9.47 Å². The highest BCUT2D eigenvalue weighted by molar-refractivity contribution is 6.06. The first-order valence-corrected chi connectivity index (χ1v) is 10.9. The van der Waals surface area contributed by atoms with E-state index in [1.165, 1.54) is 4.68 Å². The molecule has 0 N–H and O–H groups in total. The highest BCUT2D eigenvalue weighted by Crippen LogP contribution is 2.33. The van der Waals surface area contributed by atoms with Crippen LogP contribution in [0.1, 0.15) is 53.5 Å². The van der Waals surface area contributed by atoms with Crippen LogP contribution in [-0.4, -0.2) is 42.5 Å². The van der Waals surface area contributed by atoms with Crippen molar-refractivity contribution in [2.45, 2.75) is 32.6 Å². The van der Waals surface area contributed by atoms with Gasteiger partial charge in [0.2, 0.25) is 0 Å². The number of rotatable bonds is 10. The predicted octanol–water partition coefficient (Wildman–Crippen LogP) is 5.35. The van der Waals surface area contributed by atoms with Gasteiger partial charge in [-0.3, -0.25) is 0 Å². The van der Waals surface area contributed by atoms with E-state index in [1.54, 1.807) is 30.3 Å². The molecule has 9 heteroatoms. The molecule has 0 saturated heterocycles. The summed E-state index contributed by atoms with van der Waals surface area (Å²) in [5.74, 6) is -4.17. The minimum absolute atomic E-state index is 0.0615. The Kier molecular flexibility index (Phi) is 8.34. The Morgan fingerprint density at radius 2 is 1.59 bits per heavy atom. The van der Waals surface area contributed by atoms with Crippen LogP contribution >= 0.6 is 0 Å². The van der Waals surface area contributed by atoms with Crippen LogP contribution in [0.3, 0.4) is 0 Å². The summed E-state index contributed by atoms with van der Waals surface area (Å²) in [6.45, 7) is 2.24. The third-order valence-electron chi connectivity index (χ3n) is 5.17. The zero-order valence-corrected chi connectivity index (χ0v) is 19.3. The number of para-hydroxylation sites is 1. The van der Waals surface area contributed by atoms with Crippen molar-refractivity contribution in [3.05, 3.63) is 65.4 Å². The van der Waals surface area contributed by atoms with Crippen LogP contribution in [0.4, 0.5) is 8.78 Å². The molecule has 0 aliphatic carbocycles. The van der Waals surface area contributed by atoms with Gasteiger partial charge in [0.1, 0.15) is 11.3 Å². The molecule has 0 saturated carbocycles. The molecule has 0 atom stereocenters. The molecule has 2 aromatic carbocycles.